The van der Waals surface area contributed by atoms with Gasteiger partial charge in [-0.3, -0.25) is 0 Å². The standard InChI is InChI=1S/C38H77N2O2.BrH/c1-7-9-11-13-15-17-19-21-23-25-27-29-34-41-37-38(36-40(5,6)33-31-32-39(3)4)42-35-30-28-26-24-22-20-18-16-14-12-10-8-2;/h13-16,38H,7-12,17-37H2,1-6H3;1H/q+1;/p-1/b15-13-,16-14-;. The van der Waals surface area contributed by atoms with Crippen LogP contribution < -0.4 is 17.0 Å². The van der Waals surface area contributed by atoms with Crippen LogP contribution in [-0.4, -0.2) is 83.1 Å². The van der Waals surface area contributed by atoms with Crippen molar-refractivity contribution in [2.45, 2.75) is 155 Å². The molecule has 258 valence electrons. The summed E-state index contributed by atoms with van der Waals surface area (Å²) in [5.74, 6) is 0. The van der Waals surface area contributed by atoms with Crippen molar-refractivity contribution in [1.82, 2.24) is 4.90 Å². The molecule has 43 heavy (non-hydrogen) atoms. The van der Waals surface area contributed by atoms with Gasteiger partial charge in [0.1, 0.15) is 12.6 Å². The Hall–Kier alpha value is -0.200. The summed E-state index contributed by atoms with van der Waals surface area (Å²) in [5.41, 5.74) is 0. The minimum Gasteiger partial charge on any atom is -1.00 e. The van der Waals surface area contributed by atoms with Crippen LogP contribution in [0.25, 0.3) is 0 Å². The summed E-state index contributed by atoms with van der Waals surface area (Å²) in [6.07, 6.45) is 37.0. The molecule has 0 bridgehead atoms. The monoisotopic (exact) mass is 673 g/mol. The lowest BCUT2D eigenvalue weighted by molar-refractivity contribution is -0.893. The highest BCUT2D eigenvalue weighted by Gasteiger charge is 2.23. The summed E-state index contributed by atoms with van der Waals surface area (Å²) >= 11 is 0. The Balaban J connectivity index is 0. The van der Waals surface area contributed by atoms with Gasteiger partial charge in [-0.1, -0.05) is 115 Å². The third-order valence-corrected chi connectivity index (χ3v) is 8.18. The molecule has 0 spiro atoms. The minimum absolute atomic E-state index is 0. The lowest BCUT2D eigenvalue weighted by atomic mass is 10.1. The fourth-order valence-corrected chi connectivity index (χ4v) is 5.44. The van der Waals surface area contributed by atoms with Gasteiger partial charge in [0.15, 0.2) is 0 Å². The number of unbranched alkanes of at least 4 members (excludes halogenated alkanes) is 16. The summed E-state index contributed by atoms with van der Waals surface area (Å²) in [6.45, 7) is 10.4. The summed E-state index contributed by atoms with van der Waals surface area (Å²) in [6, 6.07) is 0. The average Bonchev–Trinajstić information content (AvgIpc) is 2.95. The Labute approximate surface area is 281 Å². The van der Waals surface area contributed by atoms with Crippen molar-refractivity contribution in [2.24, 2.45) is 0 Å². The molecule has 0 radical (unpaired) electrons. The van der Waals surface area contributed by atoms with Gasteiger partial charge in [0, 0.05) is 26.2 Å². The molecule has 0 fully saturated rings. The number of likely N-dealkylation sites (N-methyl/N-ethyl adjacent to an activating group) is 1. The van der Waals surface area contributed by atoms with Crippen molar-refractivity contribution in [1.29, 1.82) is 0 Å². The molecule has 0 heterocycles. The number of allylic oxidation sites excluding steroid dienone is 4. The van der Waals surface area contributed by atoms with Gasteiger partial charge in [-0.25, -0.2) is 0 Å². The number of quaternary nitrogens is 1. The van der Waals surface area contributed by atoms with Gasteiger partial charge in [0.05, 0.1) is 27.2 Å². The van der Waals surface area contributed by atoms with Crippen LogP contribution in [0.1, 0.15) is 149 Å². The molecule has 0 saturated heterocycles. The molecular weight excluding hydrogens is 596 g/mol. The summed E-state index contributed by atoms with van der Waals surface area (Å²) in [7, 11) is 9.04. The van der Waals surface area contributed by atoms with Crippen LogP contribution in [0.5, 0.6) is 0 Å². The molecule has 5 heteroatoms. The highest BCUT2D eigenvalue weighted by molar-refractivity contribution is 4.81. The molecule has 0 aliphatic rings. The quantitative estimate of drug-likeness (QED) is 0.0413. The fraction of sp³-hybridized carbons (Fsp3) is 0.895. The van der Waals surface area contributed by atoms with E-state index in [1.165, 1.54) is 141 Å². The van der Waals surface area contributed by atoms with E-state index in [4.69, 9.17) is 9.47 Å². The minimum atomic E-state index is 0. The zero-order valence-corrected chi connectivity index (χ0v) is 31.7. The number of ether oxygens (including phenoxy) is 2. The van der Waals surface area contributed by atoms with Gasteiger partial charge in [0.25, 0.3) is 0 Å². The van der Waals surface area contributed by atoms with E-state index >= 15 is 0 Å². The first kappa shape index (κ1) is 44.9. The Morgan fingerprint density at radius 2 is 1.02 bits per heavy atom. The van der Waals surface area contributed by atoms with Crippen molar-refractivity contribution in [3.05, 3.63) is 24.3 Å². The van der Waals surface area contributed by atoms with Crippen LogP contribution in [0.15, 0.2) is 24.3 Å². The molecule has 0 rings (SSSR count). The lowest BCUT2D eigenvalue weighted by Crippen LogP contribution is -3.00. The van der Waals surface area contributed by atoms with Crippen molar-refractivity contribution in [3.63, 3.8) is 0 Å². The number of hydrogen-bond acceptors (Lipinski definition) is 3. The van der Waals surface area contributed by atoms with Crippen molar-refractivity contribution >= 4 is 0 Å². The zero-order chi connectivity index (χ0) is 31.0. The zero-order valence-electron chi connectivity index (χ0n) is 30.1. The van der Waals surface area contributed by atoms with Gasteiger partial charge in [-0.15, -0.1) is 0 Å². The molecule has 0 saturated carbocycles. The first-order valence-electron chi connectivity index (χ1n) is 18.4. The SMILES string of the molecule is CCCC/C=C\CCCCCCCCOCC(C[N+](C)(C)CCCN(C)C)OCCCCCCCC/C=C\CCCC.[Br-]. The molecule has 0 aromatic heterocycles. The van der Waals surface area contributed by atoms with Crippen LogP contribution in [0.2, 0.25) is 0 Å². The number of rotatable bonds is 33. The van der Waals surface area contributed by atoms with Crippen molar-refractivity contribution < 1.29 is 30.9 Å². The summed E-state index contributed by atoms with van der Waals surface area (Å²) < 4.78 is 13.6. The number of hydrogen-bond donors (Lipinski definition) is 0. The number of nitrogens with zero attached hydrogens (tertiary/aromatic N) is 2. The second-order valence-corrected chi connectivity index (χ2v) is 13.6. The second-order valence-electron chi connectivity index (χ2n) is 13.6. The highest BCUT2D eigenvalue weighted by atomic mass is 79.9. The van der Waals surface area contributed by atoms with E-state index in [0.29, 0.717) is 0 Å². The fourth-order valence-electron chi connectivity index (χ4n) is 5.44. The maximum atomic E-state index is 6.44. The molecule has 0 aromatic carbocycles. The van der Waals surface area contributed by atoms with Gasteiger partial charge in [0.2, 0.25) is 0 Å². The third-order valence-electron chi connectivity index (χ3n) is 8.18. The van der Waals surface area contributed by atoms with Crippen LogP contribution in [-0.2, 0) is 9.47 Å². The normalized spacial score (nSPS) is 13.0. The maximum Gasteiger partial charge on any atom is 0.130 e. The van der Waals surface area contributed by atoms with Crippen LogP contribution in [0.4, 0.5) is 0 Å². The largest absolute Gasteiger partial charge is 1.00 e. The van der Waals surface area contributed by atoms with E-state index in [0.717, 1.165) is 37.4 Å². The van der Waals surface area contributed by atoms with Gasteiger partial charge >= 0.3 is 0 Å². The smallest absolute Gasteiger partial charge is 0.130 e. The maximum absolute atomic E-state index is 6.44. The topological polar surface area (TPSA) is 21.7 Å². The van der Waals surface area contributed by atoms with E-state index < -0.39 is 0 Å². The molecule has 0 aliphatic heterocycles. The van der Waals surface area contributed by atoms with Crippen LogP contribution in [0, 0.1) is 0 Å². The van der Waals surface area contributed by atoms with E-state index in [-0.39, 0.29) is 23.1 Å². The first-order valence-corrected chi connectivity index (χ1v) is 18.4. The molecule has 0 amide bonds. The highest BCUT2D eigenvalue weighted by Crippen LogP contribution is 2.12. The predicted octanol–water partition coefficient (Wildman–Crippen LogP) is 7.37. The number of halogens is 1. The van der Waals surface area contributed by atoms with E-state index in [2.05, 4.69) is 71.2 Å². The van der Waals surface area contributed by atoms with Gasteiger partial charge in [-0.2, -0.15) is 0 Å². The van der Waals surface area contributed by atoms with Crippen LogP contribution in [0.3, 0.4) is 0 Å². The Morgan fingerprint density at radius 1 is 0.581 bits per heavy atom. The molecular formula is C38H77BrN2O2. The van der Waals surface area contributed by atoms with E-state index in [9.17, 15) is 0 Å². The molecule has 0 N–H and O–H groups in total. The Kier molecular flexibility index (Phi) is 36.2. The van der Waals surface area contributed by atoms with E-state index in [1.54, 1.807) is 0 Å². The Morgan fingerprint density at radius 3 is 1.51 bits per heavy atom. The molecule has 0 aromatic rings. The first-order chi connectivity index (χ1) is 20.4. The second kappa shape index (κ2) is 34.7. The third kappa shape index (κ3) is 36.1. The Bertz CT molecular complexity index is 594. The average molecular weight is 674 g/mol. The van der Waals surface area contributed by atoms with Gasteiger partial charge < -0.3 is 35.8 Å². The summed E-state index contributed by atoms with van der Waals surface area (Å²) in [5, 5.41) is 0. The molecule has 4 nitrogen and oxygen atoms in total. The van der Waals surface area contributed by atoms with E-state index in [1.807, 2.05) is 0 Å². The van der Waals surface area contributed by atoms with Crippen molar-refractivity contribution in [2.75, 3.05) is 67.6 Å². The molecule has 0 aliphatic carbocycles. The lowest BCUT2D eigenvalue weighted by Gasteiger charge is -2.34. The van der Waals surface area contributed by atoms with Gasteiger partial charge in [-0.05, 0) is 65.5 Å². The summed E-state index contributed by atoms with van der Waals surface area (Å²) in [4.78, 5) is 2.28. The van der Waals surface area contributed by atoms with Crippen molar-refractivity contribution in [3.8, 4) is 0 Å². The van der Waals surface area contributed by atoms with Crippen LogP contribution >= 0.6 is 0 Å². The predicted molar refractivity (Wildman–Crippen MR) is 188 cm³/mol. The molecule has 1 unspecified atom stereocenters. The molecule has 1 atom stereocenters.